The fourth-order valence-corrected chi connectivity index (χ4v) is 9.15. The largest absolute Gasteiger partial charge is 0.375 e. The van der Waals surface area contributed by atoms with Crippen LogP contribution < -0.4 is 0 Å². The Morgan fingerprint density at radius 2 is 0.811 bits per heavy atom. The zero-order valence-corrected chi connectivity index (χ0v) is 24.9. The predicted octanol–water partition coefficient (Wildman–Crippen LogP) is 10.9. The molecule has 1 nitrogen and oxygen atoms in total. The van der Waals surface area contributed by atoms with E-state index >= 15 is 0 Å². The zero-order chi connectivity index (χ0) is 26.0. The summed E-state index contributed by atoms with van der Waals surface area (Å²) in [6.07, 6.45) is 33.7. The second-order valence-corrected chi connectivity index (χ2v) is 14.1. The Balaban J connectivity index is 1.14. The maximum absolute atomic E-state index is 6.87. The minimum absolute atomic E-state index is 0.492. The number of hydrogen-bond donors (Lipinski definition) is 0. The predicted molar refractivity (Wildman–Crippen MR) is 161 cm³/mol. The third-order valence-corrected chi connectivity index (χ3v) is 11.9. The van der Waals surface area contributed by atoms with Crippen molar-refractivity contribution in [3.8, 4) is 0 Å². The first-order chi connectivity index (χ1) is 18.1. The first kappa shape index (κ1) is 29.4. The van der Waals surface area contributed by atoms with Crippen molar-refractivity contribution < 1.29 is 4.74 Å². The van der Waals surface area contributed by atoms with E-state index in [-0.39, 0.29) is 0 Å². The molecule has 2 unspecified atom stereocenters. The van der Waals surface area contributed by atoms with E-state index in [1.165, 1.54) is 128 Å². The van der Waals surface area contributed by atoms with Gasteiger partial charge in [0.1, 0.15) is 0 Å². The van der Waals surface area contributed by atoms with Crippen LogP contribution in [0.5, 0.6) is 0 Å². The Labute approximate surface area is 231 Å². The van der Waals surface area contributed by atoms with Crippen molar-refractivity contribution in [3.63, 3.8) is 0 Å². The van der Waals surface area contributed by atoms with Crippen molar-refractivity contribution in [1.82, 2.24) is 0 Å². The molecule has 0 aromatic rings. The molecule has 0 N–H and O–H groups in total. The molecule has 0 aromatic carbocycles. The highest BCUT2D eigenvalue weighted by Gasteiger charge is 2.33. The summed E-state index contributed by atoms with van der Waals surface area (Å²) in [5.74, 6) is 7.48. The Hall–Kier alpha value is -0.560. The molecule has 4 rings (SSSR count). The molecule has 0 radical (unpaired) electrons. The maximum Gasteiger partial charge on any atom is 0.0579 e. The van der Waals surface area contributed by atoms with E-state index in [1.54, 1.807) is 0 Å². The summed E-state index contributed by atoms with van der Waals surface area (Å²) in [5.41, 5.74) is 0. The van der Waals surface area contributed by atoms with Crippen LogP contribution in [0.1, 0.15) is 142 Å². The molecule has 2 atom stereocenters. The number of rotatable bonds is 12. The quantitative estimate of drug-likeness (QED) is 0.237. The number of hydrogen-bond acceptors (Lipinski definition) is 1. The van der Waals surface area contributed by atoms with E-state index in [0.29, 0.717) is 12.2 Å². The fraction of sp³-hybridized carbons (Fsp3) is 0.889. The van der Waals surface area contributed by atoms with Crippen molar-refractivity contribution in [2.24, 2.45) is 47.3 Å². The lowest BCUT2D eigenvalue weighted by atomic mass is 9.68. The average molecular weight is 511 g/mol. The van der Waals surface area contributed by atoms with E-state index in [2.05, 4.69) is 39.2 Å². The Morgan fingerprint density at radius 1 is 0.514 bits per heavy atom. The van der Waals surface area contributed by atoms with Crippen molar-refractivity contribution in [2.45, 2.75) is 154 Å². The molecule has 37 heavy (non-hydrogen) atoms. The van der Waals surface area contributed by atoms with Crippen molar-refractivity contribution in [2.75, 3.05) is 0 Å². The van der Waals surface area contributed by atoms with Gasteiger partial charge in [0.15, 0.2) is 0 Å². The Bertz CT molecular complexity index is 580. The molecule has 0 amide bonds. The van der Waals surface area contributed by atoms with Gasteiger partial charge in [-0.25, -0.2) is 0 Å². The Morgan fingerprint density at radius 3 is 1.08 bits per heavy atom. The summed E-state index contributed by atoms with van der Waals surface area (Å²) in [7, 11) is 0. The van der Waals surface area contributed by atoms with Crippen molar-refractivity contribution in [1.29, 1.82) is 0 Å². The van der Waals surface area contributed by atoms with Gasteiger partial charge in [-0.2, -0.15) is 0 Å². The summed E-state index contributed by atoms with van der Waals surface area (Å²) in [6.45, 7) is 12.8. The molecule has 4 aliphatic carbocycles. The second-order valence-electron chi connectivity index (χ2n) is 14.1. The van der Waals surface area contributed by atoms with Crippen molar-refractivity contribution in [3.05, 3.63) is 25.3 Å². The van der Waals surface area contributed by atoms with Gasteiger partial charge in [0.25, 0.3) is 0 Å². The SMILES string of the molecule is C=C[C@H]1CC[C@H]([C@H]2CC[C@H](CC(CC)OC(CC)C[C@H]3CC[C@H]([C@H]4CC[C@H](C=C)CC4)CC3)CC2)CC1. The van der Waals surface area contributed by atoms with Gasteiger partial charge in [-0.05, 0) is 150 Å². The molecule has 0 aromatic heterocycles. The molecule has 4 fully saturated rings. The van der Waals surface area contributed by atoms with E-state index in [4.69, 9.17) is 4.74 Å². The minimum Gasteiger partial charge on any atom is -0.375 e. The highest BCUT2D eigenvalue weighted by Crippen LogP contribution is 2.44. The first-order valence-electron chi connectivity index (χ1n) is 17.0. The van der Waals surface area contributed by atoms with Crippen LogP contribution >= 0.6 is 0 Å². The molecule has 212 valence electrons. The minimum atomic E-state index is 0.492. The molecule has 0 aliphatic heterocycles. The summed E-state index contributed by atoms with van der Waals surface area (Å²) in [6, 6.07) is 0. The average Bonchev–Trinajstić information content (AvgIpc) is 2.97. The van der Waals surface area contributed by atoms with E-state index in [0.717, 1.165) is 47.3 Å². The fourth-order valence-electron chi connectivity index (χ4n) is 9.15. The van der Waals surface area contributed by atoms with Gasteiger partial charge >= 0.3 is 0 Å². The summed E-state index contributed by atoms with van der Waals surface area (Å²) in [4.78, 5) is 0. The van der Waals surface area contributed by atoms with Crippen LogP contribution in [0.25, 0.3) is 0 Å². The lowest BCUT2D eigenvalue weighted by Gasteiger charge is -2.39. The third kappa shape index (κ3) is 8.71. The number of ether oxygens (including phenoxy) is 1. The first-order valence-corrected chi connectivity index (χ1v) is 17.0. The standard InChI is InChI=1S/C36H62O/c1-5-27-9-17-31(18-10-27)33-21-13-29(14-22-33)25-35(7-3)37-36(8-4)26-30-15-23-34(24-16-30)32-19-11-28(6-2)12-20-32/h5-6,27-36H,1-2,7-26H2,3-4H3/t27-,28-,29-,30-,31-,32-,33-,34-,35?,36?. The summed E-state index contributed by atoms with van der Waals surface area (Å²) < 4.78 is 6.87. The van der Waals surface area contributed by atoms with Gasteiger partial charge in [0.05, 0.1) is 12.2 Å². The van der Waals surface area contributed by atoms with Gasteiger partial charge in [-0.1, -0.05) is 51.7 Å². The lowest BCUT2D eigenvalue weighted by molar-refractivity contribution is -0.0450. The summed E-state index contributed by atoms with van der Waals surface area (Å²) in [5, 5.41) is 0. The molecular formula is C36H62O. The maximum atomic E-state index is 6.87. The van der Waals surface area contributed by atoms with Gasteiger partial charge in [-0.3, -0.25) is 0 Å². The highest BCUT2D eigenvalue weighted by atomic mass is 16.5. The normalized spacial score (nSPS) is 39.0. The molecule has 4 aliphatic rings. The highest BCUT2D eigenvalue weighted by molar-refractivity contribution is 4.89. The smallest absolute Gasteiger partial charge is 0.0579 e. The Kier molecular flexibility index (Phi) is 12.2. The number of allylic oxidation sites excluding steroid dienone is 2. The van der Waals surface area contributed by atoms with Crippen LogP contribution in [-0.2, 0) is 4.74 Å². The van der Waals surface area contributed by atoms with Gasteiger partial charge in [0.2, 0.25) is 0 Å². The topological polar surface area (TPSA) is 9.23 Å². The molecule has 0 heterocycles. The molecular weight excluding hydrogens is 448 g/mol. The van der Waals surface area contributed by atoms with Gasteiger partial charge in [0, 0.05) is 0 Å². The van der Waals surface area contributed by atoms with Crippen LogP contribution in [0.4, 0.5) is 0 Å². The molecule has 0 bridgehead atoms. The molecule has 1 heteroatoms. The van der Waals surface area contributed by atoms with Crippen LogP contribution in [0.2, 0.25) is 0 Å². The molecule has 0 spiro atoms. The van der Waals surface area contributed by atoms with E-state index in [9.17, 15) is 0 Å². The van der Waals surface area contributed by atoms with E-state index < -0.39 is 0 Å². The zero-order valence-electron chi connectivity index (χ0n) is 24.9. The molecule has 4 saturated carbocycles. The van der Waals surface area contributed by atoms with Gasteiger partial charge in [-0.15, -0.1) is 13.2 Å². The van der Waals surface area contributed by atoms with Crippen LogP contribution in [0.3, 0.4) is 0 Å². The van der Waals surface area contributed by atoms with Crippen LogP contribution in [0.15, 0.2) is 25.3 Å². The molecule has 0 saturated heterocycles. The van der Waals surface area contributed by atoms with Crippen molar-refractivity contribution >= 4 is 0 Å². The summed E-state index contributed by atoms with van der Waals surface area (Å²) >= 11 is 0. The lowest BCUT2D eigenvalue weighted by Crippen LogP contribution is -2.30. The monoisotopic (exact) mass is 510 g/mol. The van der Waals surface area contributed by atoms with Gasteiger partial charge < -0.3 is 4.74 Å². The van der Waals surface area contributed by atoms with Crippen LogP contribution in [-0.4, -0.2) is 12.2 Å². The van der Waals surface area contributed by atoms with E-state index in [1.807, 2.05) is 0 Å². The third-order valence-electron chi connectivity index (χ3n) is 11.9. The second kappa shape index (κ2) is 15.3. The van der Waals surface area contributed by atoms with Crippen LogP contribution in [0, 0.1) is 47.3 Å².